The summed E-state index contributed by atoms with van der Waals surface area (Å²) in [6.07, 6.45) is 4.85. The first-order valence-electron chi connectivity index (χ1n) is 6.68. The fourth-order valence-electron chi connectivity index (χ4n) is 2.32. The van der Waals surface area contributed by atoms with Crippen molar-refractivity contribution in [3.63, 3.8) is 0 Å². The number of aromatic nitrogens is 2. The number of benzene rings is 1. The van der Waals surface area contributed by atoms with Crippen LogP contribution in [0.25, 0.3) is 0 Å². The van der Waals surface area contributed by atoms with Crippen molar-refractivity contribution in [1.29, 1.82) is 0 Å². The molecule has 1 aromatic carbocycles. The van der Waals surface area contributed by atoms with E-state index in [9.17, 15) is 0 Å². The van der Waals surface area contributed by atoms with Crippen molar-refractivity contribution in [2.75, 3.05) is 13.7 Å². The summed E-state index contributed by atoms with van der Waals surface area (Å²) in [5.41, 5.74) is 2.38. The number of likely N-dealkylation sites (N-methyl/N-ethyl adjacent to an activating group) is 1. The molecule has 4 nitrogen and oxygen atoms in total. The topological polar surface area (TPSA) is 39.1 Å². The molecule has 0 spiro atoms. The molecule has 1 atom stereocenters. The Kier molecular flexibility index (Phi) is 5.20. The molecule has 0 bridgehead atoms. The Morgan fingerprint density at radius 2 is 2.25 bits per heavy atom. The Hall–Kier alpha value is -1.33. The SMILES string of the molecule is CCNC(Cc1cnn(C)c1)c1ccc(Br)cc1OC. The number of methoxy groups -OCH3 is 1. The zero-order chi connectivity index (χ0) is 14.5. The van der Waals surface area contributed by atoms with E-state index >= 15 is 0 Å². The van der Waals surface area contributed by atoms with Crippen LogP contribution in [0.2, 0.25) is 0 Å². The average Bonchev–Trinajstić information content (AvgIpc) is 2.83. The second-order valence-electron chi connectivity index (χ2n) is 4.72. The van der Waals surface area contributed by atoms with Gasteiger partial charge in [0.15, 0.2) is 0 Å². The first-order chi connectivity index (χ1) is 9.63. The molecule has 1 N–H and O–H groups in total. The summed E-state index contributed by atoms with van der Waals surface area (Å²) in [7, 11) is 3.64. The number of ether oxygens (including phenoxy) is 1. The molecule has 20 heavy (non-hydrogen) atoms. The maximum absolute atomic E-state index is 5.51. The van der Waals surface area contributed by atoms with E-state index in [1.54, 1.807) is 7.11 Å². The van der Waals surface area contributed by atoms with E-state index in [1.807, 2.05) is 30.1 Å². The highest BCUT2D eigenvalue weighted by Gasteiger charge is 2.16. The van der Waals surface area contributed by atoms with Crippen LogP contribution in [-0.2, 0) is 13.5 Å². The van der Waals surface area contributed by atoms with Crippen molar-refractivity contribution in [3.8, 4) is 5.75 Å². The van der Waals surface area contributed by atoms with Gasteiger partial charge in [-0.1, -0.05) is 28.9 Å². The molecule has 0 fully saturated rings. The number of nitrogens with one attached hydrogen (secondary N) is 1. The lowest BCUT2D eigenvalue weighted by molar-refractivity contribution is 0.399. The highest BCUT2D eigenvalue weighted by atomic mass is 79.9. The van der Waals surface area contributed by atoms with E-state index in [4.69, 9.17) is 4.74 Å². The zero-order valence-electron chi connectivity index (χ0n) is 12.1. The van der Waals surface area contributed by atoms with Crippen molar-refractivity contribution in [2.45, 2.75) is 19.4 Å². The minimum Gasteiger partial charge on any atom is -0.496 e. The second-order valence-corrected chi connectivity index (χ2v) is 5.64. The van der Waals surface area contributed by atoms with Gasteiger partial charge < -0.3 is 10.1 Å². The third-order valence-corrected chi connectivity index (χ3v) is 3.71. The zero-order valence-corrected chi connectivity index (χ0v) is 13.6. The van der Waals surface area contributed by atoms with Gasteiger partial charge in [-0.25, -0.2) is 0 Å². The molecule has 0 saturated carbocycles. The highest BCUT2D eigenvalue weighted by Crippen LogP contribution is 2.30. The number of hydrogen-bond donors (Lipinski definition) is 1. The van der Waals surface area contributed by atoms with Crippen LogP contribution in [0, 0.1) is 0 Å². The summed E-state index contributed by atoms with van der Waals surface area (Å²) in [5, 5.41) is 7.75. The van der Waals surface area contributed by atoms with E-state index < -0.39 is 0 Å². The number of nitrogens with zero attached hydrogens (tertiary/aromatic N) is 2. The predicted molar refractivity (Wildman–Crippen MR) is 84.0 cm³/mol. The van der Waals surface area contributed by atoms with Crippen LogP contribution in [0.3, 0.4) is 0 Å². The van der Waals surface area contributed by atoms with Gasteiger partial charge in [0.05, 0.1) is 13.3 Å². The molecule has 1 unspecified atom stereocenters. The third kappa shape index (κ3) is 3.61. The van der Waals surface area contributed by atoms with Crippen LogP contribution in [-0.4, -0.2) is 23.4 Å². The Bertz CT molecular complexity index is 568. The van der Waals surface area contributed by atoms with Gasteiger partial charge in [0, 0.05) is 29.3 Å². The molecule has 1 aromatic heterocycles. The van der Waals surface area contributed by atoms with Gasteiger partial charge in [-0.15, -0.1) is 0 Å². The number of hydrogen-bond acceptors (Lipinski definition) is 3. The maximum atomic E-state index is 5.51. The van der Waals surface area contributed by atoms with Crippen LogP contribution in [0.1, 0.15) is 24.1 Å². The summed E-state index contributed by atoms with van der Waals surface area (Å²) in [5.74, 6) is 0.897. The molecule has 0 aliphatic carbocycles. The fraction of sp³-hybridized carbons (Fsp3) is 0.400. The number of aryl methyl sites for hydroxylation is 1. The van der Waals surface area contributed by atoms with Crippen molar-refractivity contribution in [1.82, 2.24) is 15.1 Å². The Labute approximate surface area is 128 Å². The number of halogens is 1. The highest BCUT2D eigenvalue weighted by molar-refractivity contribution is 9.10. The Morgan fingerprint density at radius 3 is 2.85 bits per heavy atom. The molecular formula is C15H20BrN3O. The largest absolute Gasteiger partial charge is 0.496 e. The summed E-state index contributed by atoms with van der Waals surface area (Å²) < 4.78 is 8.36. The van der Waals surface area contributed by atoms with Crippen molar-refractivity contribution in [2.24, 2.45) is 7.05 Å². The van der Waals surface area contributed by atoms with Gasteiger partial charge >= 0.3 is 0 Å². The quantitative estimate of drug-likeness (QED) is 0.880. The molecule has 1 heterocycles. The van der Waals surface area contributed by atoms with Gasteiger partial charge in [-0.2, -0.15) is 5.10 Å². The van der Waals surface area contributed by atoms with Crippen LogP contribution < -0.4 is 10.1 Å². The summed E-state index contributed by atoms with van der Waals surface area (Å²) in [6.45, 7) is 3.02. The van der Waals surface area contributed by atoms with E-state index in [2.05, 4.69) is 45.5 Å². The summed E-state index contributed by atoms with van der Waals surface area (Å²) >= 11 is 3.48. The van der Waals surface area contributed by atoms with Crippen LogP contribution in [0.5, 0.6) is 5.75 Å². The molecule has 0 amide bonds. The van der Waals surface area contributed by atoms with Crippen LogP contribution >= 0.6 is 15.9 Å². The van der Waals surface area contributed by atoms with E-state index in [-0.39, 0.29) is 6.04 Å². The van der Waals surface area contributed by atoms with Gasteiger partial charge in [0.2, 0.25) is 0 Å². The smallest absolute Gasteiger partial charge is 0.124 e. The minimum atomic E-state index is 0.215. The standard InChI is InChI=1S/C15H20BrN3O/c1-4-17-14(7-11-9-18-19(2)10-11)13-6-5-12(16)8-15(13)20-3/h5-6,8-10,14,17H,4,7H2,1-3H3. The Morgan fingerprint density at radius 1 is 1.45 bits per heavy atom. The van der Waals surface area contributed by atoms with E-state index in [1.165, 1.54) is 11.1 Å². The molecule has 0 saturated heterocycles. The van der Waals surface area contributed by atoms with Gasteiger partial charge in [-0.3, -0.25) is 4.68 Å². The molecule has 2 aromatic rings. The normalized spacial score (nSPS) is 12.4. The van der Waals surface area contributed by atoms with Crippen molar-refractivity contribution >= 4 is 15.9 Å². The minimum absolute atomic E-state index is 0.215. The second kappa shape index (κ2) is 6.90. The molecular weight excluding hydrogens is 318 g/mol. The van der Waals surface area contributed by atoms with E-state index in [0.29, 0.717) is 0 Å². The molecule has 0 aliphatic rings. The molecule has 0 radical (unpaired) electrons. The molecule has 0 aliphatic heterocycles. The summed E-state index contributed by atoms with van der Waals surface area (Å²) in [6, 6.07) is 6.37. The number of rotatable bonds is 6. The molecule has 108 valence electrons. The molecule has 5 heteroatoms. The van der Waals surface area contributed by atoms with Gasteiger partial charge in [0.1, 0.15) is 5.75 Å². The maximum Gasteiger partial charge on any atom is 0.124 e. The average molecular weight is 338 g/mol. The lowest BCUT2D eigenvalue weighted by Crippen LogP contribution is -2.23. The monoisotopic (exact) mass is 337 g/mol. The first kappa shape index (κ1) is 15.1. The van der Waals surface area contributed by atoms with Crippen LogP contribution in [0.15, 0.2) is 35.1 Å². The van der Waals surface area contributed by atoms with Crippen molar-refractivity contribution < 1.29 is 4.74 Å². The lowest BCUT2D eigenvalue weighted by Gasteiger charge is -2.20. The third-order valence-electron chi connectivity index (χ3n) is 3.22. The van der Waals surface area contributed by atoms with E-state index in [0.717, 1.165) is 23.2 Å². The molecule has 2 rings (SSSR count). The lowest BCUT2D eigenvalue weighted by atomic mass is 9.99. The van der Waals surface area contributed by atoms with Crippen molar-refractivity contribution in [3.05, 3.63) is 46.2 Å². The van der Waals surface area contributed by atoms with Crippen LogP contribution in [0.4, 0.5) is 0 Å². The first-order valence-corrected chi connectivity index (χ1v) is 7.47. The van der Waals surface area contributed by atoms with Gasteiger partial charge in [-0.05, 0) is 30.7 Å². The fourth-order valence-corrected chi connectivity index (χ4v) is 2.66. The van der Waals surface area contributed by atoms with Gasteiger partial charge in [0.25, 0.3) is 0 Å². The summed E-state index contributed by atoms with van der Waals surface area (Å²) in [4.78, 5) is 0. The Balaban J connectivity index is 2.28. The predicted octanol–water partition coefficient (Wildman–Crippen LogP) is 3.08.